The Hall–Kier alpha value is -0.120. The van der Waals surface area contributed by atoms with E-state index in [1.807, 2.05) is 0 Å². The summed E-state index contributed by atoms with van der Waals surface area (Å²) in [5.41, 5.74) is 0. The van der Waals surface area contributed by atoms with Crippen LogP contribution in [0.3, 0.4) is 0 Å². The van der Waals surface area contributed by atoms with Gasteiger partial charge in [0.1, 0.15) is 0 Å². The van der Waals surface area contributed by atoms with Crippen LogP contribution in [-0.4, -0.2) is 62.2 Å². The van der Waals surface area contributed by atoms with Gasteiger partial charge in [0.2, 0.25) is 0 Å². The minimum Gasteiger partial charge on any atom is -0.315 e. The van der Waals surface area contributed by atoms with Crippen LogP contribution in [0.1, 0.15) is 20.3 Å². The molecule has 0 spiro atoms. The van der Waals surface area contributed by atoms with Gasteiger partial charge in [0, 0.05) is 31.7 Å². The van der Waals surface area contributed by atoms with Crippen LogP contribution in [0.5, 0.6) is 0 Å². The average Bonchev–Trinajstić information content (AvgIpc) is 2.60. The van der Waals surface area contributed by atoms with Crippen LogP contribution in [0.25, 0.3) is 0 Å². The first-order valence-corrected chi connectivity index (χ1v) is 6.69. The van der Waals surface area contributed by atoms with Crippen LogP contribution in [0, 0.1) is 11.8 Å². The van der Waals surface area contributed by atoms with Gasteiger partial charge in [-0.15, -0.1) is 0 Å². The molecule has 2 heterocycles. The largest absolute Gasteiger partial charge is 0.315 e. The quantitative estimate of drug-likeness (QED) is 0.752. The Balaban J connectivity index is 1.91. The highest BCUT2D eigenvalue weighted by molar-refractivity contribution is 4.92. The van der Waals surface area contributed by atoms with Crippen molar-refractivity contribution < 1.29 is 0 Å². The summed E-state index contributed by atoms with van der Waals surface area (Å²) in [5, 5.41) is 3.57. The standard InChI is InChI=1S/C13H27N3/c1-10-5-12(7-14-6-10)16-8-11(2)13(9-16)15(3)4/h10-14H,5-9H2,1-4H3. The van der Waals surface area contributed by atoms with Crippen molar-refractivity contribution in [2.45, 2.75) is 32.4 Å². The second-order valence-electron chi connectivity index (χ2n) is 6.12. The maximum absolute atomic E-state index is 3.57. The highest BCUT2D eigenvalue weighted by Gasteiger charge is 2.35. The van der Waals surface area contributed by atoms with Crippen molar-refractivity contribution in [3.63, 3.8) is 0 Å². The van der Waals surface area contributed by atoms with Crippen molar-refractivity contribution in [2.24, 2.45) is 11.8 Å². The van der Waals surface area contributed by atoms with Crippen molar-refractivity contribution >= 4 is 0 Å². The van der Waals surface area contributed by atoms with Crippen LogP contribution >= 0.6 is 0 Å². The molecule has 16 heavy (non-hydrogen) atoms. The zero-order valence-electron chi connectivity index (χ0n) is 11.2. The fourth-order valence-corrected chi connectivity index (χ4v) is 3.36. The molecule has 0 aromatic heterocycles. The fraction of sp³-hybridized carbons (Fsp3) is 1.00. The highest BCUT2D eigenvalue weighted by atomic mass is 15.3. The van der Waals surface area contributed by atoms with Crippen LogP contribution in [0.4, 0.5) is 0 Å². The van der Waals surface area contributed by atoms with Crippen molar-refractivity contribution in [2.75, 3.05) is 40.3 Å². The van der Waals surface area contributed by atoms with Gasteiger partial charge in [0.15, 0.2) is 0 Å². The zero-order valence-corrected chi connectivity index (χ0v) is 11.2. The number of piperidine rings is 1. The van der Waals surface area contributed by atoms with Crippen LogP contribution < -0.4 is 5.32 Å². The maximum atomic E-state index is 3.57. The lowest BCUT2D eigenvalue weighted by Gasteiger charge is -2.35. The SMILES string of the molecule is CC1CNCC(N2CC(C)C(N(C)C)C2)C1. The minimum atomic E-state index is 0.747. The topological polar surface area (TPSA) is 18.5 Å². The van der Waals surface area contributed by atoms with Crippen LogP contribution in [0.2, 0.25) is 0 Å². The Kier molecular flexibility index (Phi) is 3.88. The molecule has 4 unspecified atom stereocenters. The molecule has 0 bridgehead atoms. The first-order chi connectivity index (χ1) is 7.58. The van der Waals surface area contributed by atoms with Crippen molar-refractivity contribution in [3.8, 4) is 0 Å². The van der Waals surface area contributed by atoms with E-state index in [9.17, 15) is 0 Å². The average molecular weight is 225 g/mol. The van der Waals surface area contributed by atoms with E-state index in [0.717, 1.165) is 23.9 Å². The summed E-state index contributed by atoms with van der Waals surface area (Å²) in [4.78, 5) is 5.10. The molecule has 1 N–H and O–H groups in total. The van der Waals surface area contributed by atoms with E-state index in [1.165, 1.54) is 32.6 Å². The number of rotatable bonds is 2. The molecule has 2 aliphatic rings. The van der Waals surface area contributed by atoms with Gasteiger partial charge in [-0.25, -0.2) is 0 Å². The smallest absolute Gasteiger partial charge is 0.0254 e. The lowest BCUT2D eigenvalue weighted by molar-refractivity contribution is 0.163. The Morgan fingerprint density at radius 2 is 1.88 bits per heavy atom. The Labute approximate surface area is 100 Å². The van der Waals surface area contributed by atoms with Gasteiger partial charge < -0.3 is 10.2 Å². The van der Waals surface area contributed by atoms with Gasteiger partial charge >= 0.3 is 0 Å². The second-order valence-corrected chi connectivity index (χ2v) is 6.12. The molecule has 0 aromatic carbocycles. The number of likely N-dealkylation sites (tertiary alicyclic amines) is 1. The molecule has 0 amide bonds. The zero-order chi connectivity index (χ0) is 11.7. The number of likely N-dealkylation sites (N-methyl/N-ethyl adjacent to an activating group) is 1. The molecule has 0 aromatic rings. The summed E-state index contributed by atoms with van der Waals surface area (Å²) in [6, 6.07) is 1.52. The highest BCUT2D eigenvalue weighted by Crippen LogP contribution is 2.25. The summed E-state index contributed by atoms with van der Waals surface area (Å²) in [6.07, 6.45) is 1.37. The summed E-state index contributed by atoms with van der Waals surface area (Å²) < 4.78 is 0. The monoisotopic (exact) mass is 225 g/mol. The third-order valence-corrected chi connectivity index (χ3v) is 4.33. The third kappa shape index (κ3) is 2.58. The number of hydrogen-bond donors (Lipinski definition) is 1. The van der Waals surface area contributed by atoms with Gasteiger partial charge in [0.05, 0.1) is 0 Å². The molecule has 0 saturated carbocycles. The first kappa shape index (κ1) is 12.3. The number of nitrogens with one attached hydrogen (secondary N) is 1. The van der Waals surface area contributed by atoms with E-state index < -0.39 is 0 Å². The minimum absolute atomic E-state index is 0.747. The predicted octanol–water partition coefficient (Wildman–Crippen LogP) is 0.866. The normalized spacial score (nSPS) is 41.8. The molecule has 2 saturated heterocycles. The Bertz CT molecular complexity index is 229. The molecule has 3 heteroatoms. The van der Waals surface area contributed by atoms with Crippen molar-refractivity contribution in [1.82, 2.24) is 15.1 Å². The Morgan fingerprint density at radius 1 is 1.12 bits per heavy atom. The Morgan fingerprint density at radius 3 is 2.44 bits per heavy atom. The van der Waals surface area contributed by atoms with E-state index in [4.69, 9.17) is 0 Å². The van der Waals surface area contributed by atoms with Crippen LogP contribution in [0.15, 0.2) is 0 Å². The van der Waals surface area contributed by atoms with E-state index in [2.05, 4.69) is 43.1 Å². The molecule has 3 nitrogen and oxygen atoms in total. The van der Waals surface area contributed by atoms with Gasteiger partial charge in [-0.3, -0.25) is 4.90 Å². The van der Waals surface area contributed by atoms with Gasteiger partial charge in [-0.2, -0.15) is 0 Å². The van der Waals surface area contributed by atoms with E-state index >= 15 is 0 Å². The summed E-state index contributed by atoms with van der Waals surface area (Å²) in [7, 11) is 4.43. The number of hydrogen-bond acceptors (Lipinski definition) is 3. The summed E-state index contributed by atoms with van der Waals surface area (Å²) >= 11 is 0. The van der Waals surface area contributed by atoms with E-state index in [0.29, 0.717) is 0 Å². The molecule has 2 fully saturated rings. The molecular weight excluding hydrogens is 198 g/mol. The van der Waals surface area contributed by atoms with E-state index in [-0.39, 0.29) is 0 Å². The number of nitrogens with zero attached hydrogens (tertiary/aromatic N) is 2. The molecule has 4 atom stereocenters. The maximum Gasteiger partial charge on any atom is 0.0254 e. The van der Waals surface area contributed by atoms with Crippen molar-refractivity contribution in [3.05, 3.63) is 0 Å². The molecular formula is C13H27N3. The predicted molar refractivity (Wildman–Crippen MR) is 68.7 cm³/mol. The molecule has 0 aliphatic carbocycles. The van der Waals surface area contributed by atoms with Gasteiger partial charge in [-0.1, -0.05) is 13.8 Å². The van der Waals surface area contributed by atoms with Gasteiger partial charge in [0.25, 0.3) is 0 Å². The lowest BCUT2D eigenvalue weighted by atomic mass is 9.97. The first-order valence-electron chi connectivity index (χ1n) is 6.69. The summed E-state index contributed by atoms with van der Waals surface area (Å²) in [5.74, 6) is 1.65. The molecule has 2 aliphatic heterocycles. The molecule has 0 radical (unpaired) electrons. The second kappa shape index (κ2) is 5.03. The molecule has 2 rings (SSSR count). The summed E-state index contributed by atoms with van der Waals surface area (Å²) in [6.45, 7) is 9.69. The van der Waals surface area contributed by atoms with Crippen LogP contribution in [-0.2, 0) is 0 Å². The van der Waals surface area contributed by atoms with Gasteiger partial charge in [-0.05, 0) is 38.9 Å². The lowest BCUT2D eigenvalue weighted by Crippen LogP contribution is -2.48. The third-order valence-electron chi connectivity index (χ3n) is 4.33. The molecule has 94 valence electrons. The van der Waals surface area contributed by atoms with E-state index in [1.54, 1.807) is 0 Å². The fourth-order valence-electron chi connectivity index (χ4n) is 3.36. The van der Waals surface area contributed by atoms with Crippen molar-refractivity contribution in [1.29, 1.82) is 0 Å².